The van der Waals surface area contributed by atoms with Crippen molar-refractivity contribution in [1.82, 2.24) is 14.9 Å². The Balaban J connectivity index is 1.47. The van der Waals surface area contributed by atoms with Gasteiger partial charge in [0.1, 0.15) is 5.82 Å². The fourth-order valence-corrected chi connectivity index (χ4v) is 3.04. The first-order chi connectivity index (χ1) is 11.8. The number of piperazine rings is 1. The molecular formula is C19H27N5. The highest BCUT2D eigenvalue weighted by molar-refractivity contribution is 5.43. The Bertz CT molecular complexity index is 608. The molecule has 5 nitrogen and oxygen atoms in total. The topological polar surface area (TPSA) is 44.3 Å². The highest BCUT2D eigenvalue weighted by atomic mass is 15.3. The van der Waals surface area contributed by atoms with Crippen molar-refractivity contribution in [2.45, 2.75) is 19.8 Å². The van der Waals surface area contributed by atoms with Crippen LogP contribution in [0, 0.1) is 0 Å². The van der Waals surface area contributed by atoms with E-state index in [-0.39, 0.29) is 0 Å². The van der Waals surface area contributed by atoms with E-state index < -0.39 is 0 Å². The molecule has 0 spiro atoms. The molecule has 5 heteroatoms. The Labute approximate surface area is 144 Å². The van der Waals surface area contributed by atoms with E-state index in [0.29, 0.717) is 0 Å². The van der Waals surface area contributed by atoms with Crippen LogP contribution in [0.1, 0.15) is 18.9 Å². The normalized spacial score (nSPS) is 15.5. The summed E-state index contributed by atoms with van der Waals surface area (Å²) in [5, 5.41) is 3.36. The molecule has 1 N–H and O–H groups in total. The smallest absolute Gasteiger partial charge is 0.224 e. The SMILES string of the molecule is CCN1CCN(c2ccnc(NCCCc3ccccc3)n2)CC1. The molecule has 2 heterocycles. The largest absolute Gasteiger partial charge is 0.354 e. The van der Waals surface area contributed by atoms with Crippen LogP contribution in [0.25, 0.3) is 0 Å². The van der Waals surface area contributed by atoms with Crippen LogP contribution in [0.2, 0.25) is 0 Å². The summed E-state index contributed by atoms with van der Waals surface area (Å²) in [6, 6.07) is 12.6. The molecule has 24 heavy (non-hydrogen) atoms. The first-order valence-corrected chi connectivity index (χ1v) is 8.93. The van der Waals surface area contributed by atoms with Crippen LogP contribution in [0.3, 0.4) is 0 Å². The van der Waals surface area contributed by atoms with Crippen LogP contribution in [0.5, 0.6) is 0 Å². The van der Waals surface area contributed by atoms with E-state index in [1.807, 2.05) is 12.3 Å². The molecule has 0 atom stereocenters. The minimum absolute atomic E-state index is 0.735. The summed E-state index contributed by atoms with van der Waals surface area (Å²) >= 11 is 0. The molecular weight excluding hydrogens is 298 g/mol. The number of aromatic nitrogens is 2. The standard InChI is InChI=1S/C19H27N5/c1-2-23-13-15-24(16-14-23)18-10-12-21-19(22-18)20-11-6-9-17-7-4-3-5-8-17/h3-5,7-8,10,12H,2,6,9,11,13-16H2,1H3,(H,20,21,22). The van der Waals surface area contributed by atoms with Crippen molar-refractivity contribution in [2.75, 3.05) is 49.5 Å². The zero-order valence-electron chi connectivity index (χ0n) is 14.5. The molecule has 1 fully saturated rings. The fourth-order valence-electron chi connectivity index (χ4n) is 3.04. The molecule has 128 valence electrons. The summed E-state index contributed by atoms with van der Waals surface area (Å²) in [6.07, 6.45) is 4.01. The highest BCUT2D eigenvalue weighted by Crippen LogP contribution is 2.14. The molecule has 1 aromatic carbocycles. The van der Waals surface area contributed by atoms with E-state index in [9.17, 15) is 0 Å². The molecule has 0 bridgehead atoms. The third-order valence-corrected chi connectivity index (χ3v) is 4.55. The number of nitrogens with one attached hydrogen (secondary N) is 1. The molecule has 0 saturated carbocycles. The number of nitrogens with zero attached hydrogens (tertiary/aromatic N) is 4. The molecule has 1 aromatic heterocycles. The van der Waals surface area contributed by atoms with Gasteiger partial charge in [0.2, 0.25) is 5.95 Å². The lowest BCUT2D eigenvalue weighted by Gasteiger charge is -2.34. The van der Waals surface area contributed by atoms with E-state index in [0.717, 1.165) is 63.9 Å². The van der Waals surface area contributed by atoms with Gasteiger partial charge < -0.3 is 15.1 Å². The summed E-state index contributed by atoms with van der Waals surface area (Å²) in [4.78, 5) is 13.9. The Morgan fingerprint density at radius 1 is 1.04 bits per heavy atom. The molecule has 2 aromatic rings. The number of anilines is 2. The zero-order valence-corrected chi connectivity index (χ0v) is 14.5. The molecule has 0 unspecified atom stereocenters. The van der Waals surface area contributed by atoms with Crippen molar-refractivity contribution in [1.29, 1.82) is 0 Å². The molecule has 0 radical (unpaired) electrons. The van der Waals surface area contributed by atoms with Gasteiger partial charge in [-0.25, -0.2) is 4.98 Å². The Kier molecular flexibility index (Phi) is 6.01. The summed E-state index contributed by atoms with van der Waals surface area (Å²) in [7, 11) is 0. The van der Waals surface area contributed by atoms with Gasteiger partial charge in [0.15, 0.2) is 0 Å². The summed E-state index contributed by atoms with van der Waals surface area (Å²) in [5.74, 6) is 1.77. The lowest BCUT2D eigenvalue weighted by atomic mass is 10.1. The summed E-state index contributed by atoms with van der Waals surface area (Å²) < 4.78 is 0. The average molecular weight is 325 g/mol. The van der Waals surface area contributed by atoms with Gasteiger partial charge in [-0.3, -0.25) is 0 Å². The van der Waals surface area contributed by atoms with Crippen molar-refractivity contribution >= 4 is 11.8 Å². The van der Waals surface area contributed by atoms with Gasteiger partial charge in [-0.15, -0.1) is 0 Å². The maximum Gasteiger partial charge on any atom is 0.224 e. The van der Waals surface area contributed by atoms with Gasteiger partial charge in [0.25, 0.3) is 0 Å². The average Bonchev–Trinajstić information content (AvgIpc) is 2.66. The highest BCUT2D eigenvalue weighted by Gasteiger charge is 2.16. The molecule has 1 aliphatic rings. The van der Waals surface area contributed by atoms with E-state index in [1.165, 1.54) is 5.56 Å². The van der Waals surface area contributed by atoms with Crippen LogP contribution >= 0.6 is 0 Å². The van der Waals surface area contributed by atoms with Crippen LogP contribution in [0.15, 0.2) is 42.6 Å². The lowest BCUT2D eigenvalue weighted by molar-refractivity contribution is 0.270. The van der Waals surface area contributed by atoms with E-state index in [4.69, 9.17) is 0 Å². The summed E-state index contributed by atoms with van der Waals surface area (Å²) in [6.45, 7) is 8.54. The number of hydrogen-bond acceptors (Lipinski definition) is 5. The van der Waals surface area contributed by atoms with Gasteiger partial charge in [-0.2, -0.15) is 4.98 Å². The van der Waals surface area contributed by atoms with Gasteiger partial charge in [-0.05, 0) is 31.0 Å². The second-order valence-corrected chi connectivity index (χ2v) is 6.18. The van der Waals surface area contributed by atoms with E-state index >= 15 is 0 Å². The molecule has 1 saturated heterocycles. The van der Waals surface area contributed by atoms with Crippen molar-refractivity contribution in [2.24, 2.45) is 0 Å². The van der Waals surface area contributed by atoms with Crippen molar-refractivity contribution < 1.29 is 0 Å². The second-order valence-electron chi connectivity index (χ2n) is 6.18. The van der Waals surface area contributed by atoms with Crippen molar-refractivity contribution in [3.63, 3.8) is 0 Å². The van der Waals surface area contributed by atoms with E-state index in [1.54, 1.807) is 0 Å². The number of hydrogen-bond donors (Lipinski definition) is 1. The van der Waals surface area contributed by atoms with Crippen LogP contribution in [0.4, 0.5) is 11.8 Å². The molecule has 1 aliphatic heterocycles. The number of benzene rings is 1. The minimum Gasteiger partial charge on any atom is -0.354 e. The Morgan fingerprint density at radius 3 is 2.58 bits per heavy atom. The monoisotopic (exact) mass is 325 g/mol. The fraction of sp³-hybridized carbons (Fsp3) is 0.474. The zero-order chi connectivity index (χ0) is 16.6. The van der Waals surface area contributed by atoms with Crippen LogP contribution in [-0.4, -0.2) is 54.1 Å². The van der Waals surface area contributed by atoms with Gasteiger partial charge >= 0.3 is 0 Å². The first-order valence-electron chi connectivity index (χ1n) is 8.93. The minimum atomic E-state index is 0.735. The van der Waals surface area contributed by atoms with Gasteiger partial charge in [0.05, 0.1) is 0 Å². The van der Waals surface area contributed by atoms with Crippen molar-refractivity contribution in [3.8, 4) is 0 Å². The van der Waals surface area contributed by atoms with Crippen molar-refractivity contribution in [3.05, 3.63) is 48.2 Å². The number of aryl methyl sites for hydroxylation is 1. The third kappa shape index (κ3) is 4.68. The maximum atomic E-state index is 4.68. The van der Waals surface area contributed by atoms with Gasteiger partial charge in [0, 0.05) is 38.9 Å². The van der Waals surface area contributed by atoms with Crippen LogP contribution < -0.4 is 10.2 Å². The van der Waals surface area contributed by atoms with E-state index in [2.05, 4.69) is 62.3 Å². The summed E-state index contributed by atoms with van der Waals surface area (Å²) in [5.41, 5.74) is 1.38. The Hall–Kier alpha value is -2.14. The van der Waals surface area contributed by atoms with Crippen LogP contribution in [-0.2, 0) is 6.42 Å². The predicted molar refractivity (Wildman–Crippen MR) is 99.6 cm³/mol. The first kappa shape index (κ1) is 16.7. The number of rotatable bonds is 7. The Morgan fingerprint density at radius 2 is 1.83 bits per heavy atom. The lowest BCUT2D eigenvalue weighted by Crippen LogP contribution is -2.46. The predicted octanol–water partition coefficient (Wildman–Crippen LogP) is 2.66. The number of likely N-dealkylation sites (N-methyl/N-ethyl adjacent to an activating group) is 1. The second kappa shape index (κ2) is 8.64. The molecule has 3 rings (SSSR count). The quantitative estimate of drug-likeness (QED) is 0.793. The molecule has 0 aliphatic carbocycles. The molecule has 0 amide bonds. The third-order valence-electron chi connectivity index (χ3n) is 4.55. The van der Waals surface area contributed by atoms with Gasteiger partial charge in [-0.1, -0.05) is 37.3 Å². The maximum absolute atomic E-state index is 4.68.